The Morgan fingerprint density at radius 3 is 2.24 bits per heavy atom. The number of carbonyl (C=O) groups is 2. The van der Waals surface area contributed by atoms with Gasteiger partial charge in [-0.2, -0.15) is 0 Å². The number of amides is 2. The second-order valence-corrected chi connectivity index (χ2v) is 7.76. The standard InChI is InChI=1S/C23H28N4O2/c1-2-26-16-18(14-22(26)28)23(29)24-15-17-4-6-19(7-5-17)25-20-8-10-21(11-9-20)27-12-3-13-27/h4-11,18,25H,2-3,12-16H2,1H3,(H,24,29). The van der Waals surface area contributed by atoms with E-state index in [9.17, 15) is 9.59 Å². The number of carbonyl (C=O) groups excluding carboxylic acids is 2. The van der Waals surface area contributed by atoms with Crippen LogP contribution in [-0.2, 0) is 16.1 Å². The summed E-state index contributed by atoms with van der Waals surface area (Å²) in [7, 11) is 0. The lowest BCUT2D eigenvalue weighted by Gasteiger charge is -2.33. The molecule has 152 valence electrons. The number of hydrogen-bond acceptors (Lipinski definition) is 4. The Bertz CT molecular complexity index is 859. The molecule has 1 atom stereocenters. The molecule has 6 heteroatoms. The van der Waals surface area contributed by atoms with E-state index in [2.05, 4.69) is 39.8 Å². The lowest BCUT2D eigenvalue weighted by atomic mass is 10.1. The molecule has 2 aromatic rings. The molecule has 2 saturated heterocycles. The van der Waals surface area contributed by atoms with Gasteiger partial charge in [0.15, 0.2) is 0 Å². The molecule has 0 bridgehead atoms. The van der Waals surface area contributed by atoms with Crippen LogP contribution in [0.2, 0.25) is 0 Å². The lowest BCUT2D eigenvalue weighted by molar-refractivity contribution is -0.128. The molecule has 2 fully saturated rings. The van der Waals surface area contributed by atoms with Crippen LogP contribution in [0, 0.1) is 5.92 Å². The monoisotopic (exact) mass is 392 g/mol. The third-order valence-electron chi connectivity index (χ3n) is 5.76. The molecule has 0 spiro atoms. The number of benzene rings is 2. The van der Waals surface area contributed by atoms with Crippen LogP contribution in [0.25, 0.3) is 0 Å². The zero-order valence-electron chi connectivity index (χ0n) is 16.9. The van der Waals surface area contributed by atoms with E-state index in [1.807, 2.05) is 31.2 Å². The van der Waals surface area contributed by atoms with Crippen LogP contribution in [0.3, 0.4) is 0 Å². The van der Waals surface area contributed by atoms with E-state index in [0.717, 1.165) is 30.0 Å². The fraction of sp³-hybridized carbons (Fsp3) is 0.391. The van der Waals surface area contributed by atoms with Gasteiger partial charge in [0.2, 0.25) is 11.8 Å². The Labute approximate surface area is 171 Å². The minimum atomic E-state index is -0.234. The van der Waals surface area contributed by atoms with Crippen molar-refractivity contribution in [1.82, 2.24) is 10.2 Å². The Balaban J connectivity index is 1.27. The van der Waals surface area contributed by atoms with Crippen molar-refractivity contribution in [2.75, 3.05) is 36.4 Å². The second-order valence-electron chi connectivity index (χ2n) is 7.76. The van der Waals surface area contributed by atoms with Crippen molar-refractivity contribution in [1.29, 1.82) is 0 Å². The summed E-state index contributed by atoms with van der Waals surface area (Å²) >= 11 is 0. The summed E-state index contributed by atoms with van der Waals surface area (Å²) in [6, 6.07) is 16.6. The Kier molecular flexibility index (Phi) is 5.69. The normalized spacial score (nSPS) is 18.5. The maximum atomic E-state index is 12.3. The third-order valence-corrected chi connectivity index (χ3v) is 5.76. The van der Waals surface area contributed by atoms with Crippen LogP contribution in [0.5, 0.6) is 0 Å². The highest BCUT2D eigenvalue weighted by Gasteiger charge is 2.33. The quantitative estimate of drug-likeness (QED) is 0.760. The van der Waals surface area contributed by atoms with Gasteiger partial charge in [-0.3, -0.25) is 9.59 Å². The SMILES string of the molecule is CCN1CC(C(=O)NCc2ccc(Nc3ccc(N4CCC4)cc3)cc2)CC1=O. The van der Waals surface area contributed by atoms with E-state index >= 15 is 0 Å². The van der Waals surface area contributed by atoms with Crippen LogP contribution in [0.4, 0.5) is 17.1 Å². The highest BCUT2D eigenvalue weighted by Crippen LogP contribution is 2.24. The van der Waals surface area contributed by atoms with Gasteiger partial charge in [0.25, 0.3) is 0 Å². The van der Waals surface area contributed by atoms with Crippen molar-refractivity contribution < 1.29 is 9.59 Å². The van der Waals surface area contributed by atoms with E-state index < -0.39 is 0 Å². The van der Waals surface area contributed by atoms with Gasteiger partial charge in [0, 0.05) is 56.2 Å². The Morgan fingerprint density at radius 2 is 1.69 bits per heavy atom. The minimum Gasteiger partial charge on any atom is -0.371 e. The number of rotatable bonds is 7. The van der Waals surface area contributed by atoms with Gasteiger partial charge in [-0.1, -0.05) is 12.1 Å². The number of anilines is 3. The first-order valence-corrected chi connectivity index (χ1v) is 10.4. The van der Waals surface area contributed by atoms with E-state index in [1.165, 1.54) is 12.1 Å². The van der Waals surface area contributed by atoms with Crippen molar-refractivity contribution in [3.63, 3.8) is 0 Å². The summed E-state index contributed by atoms with van der Waals surface area (Å²) in [6.07, 6.45) is 1.60. The molecular weight excluding hydrogens is 364 g/mol. The molecule has 0 aliphatic carbocycles. The van der Waals surface area contributed by atoms with Gasteiger partial charge in [-0.25, -0.2) is 0 Å². The van der Waals surface area contributed by atoms with Gasteiger partial charge < -0.3 is 20.4 Å². The summed E-state index contributed by atoms with van der Waals surface area (Å²) in [4.78, 5) is 28.2. The van der Waals surface area contributed by atoms with Crippen molar-refractivity contribution in [3.05, 3.63) is 54.1 Å². The molecular formula is C23H28N4O2. The number of hydrogen-bond donors (Lipinski definition) is 2. The van der Waals surface area contributed by atoms with Crippen LogP contribution >= 0.6 is 0 Å². The average molecular weight is 393 g/mol. The number of likely N-dealkylation sites (tertiary alicyclic amines) is 1. The number of nitrogens with one attached hydrogen (secondary N) is 2. The van der Waals surface area contributed by atoms with Crippen molar-refractivity contribution in [2.45, 2.75) is 26.3 Å². The van der Waals surface area contributed by atoms with Crippen LogP contribution < -0.4 is 15.5 Å². The first-order chi connectivity index (χ1) is 14.1. The highest BCUT2D eigenvalue weighted by molar-refractivity contribution is 5.89. The molecule has 2 amide bonds. The van der Waals surface area contributed by atoms with Crippen molar-refractivity contribution in [3.8, 4) is 0 Å². The molecule has 2 aliphatic heterocycles. The average Bonchev–Trinajstić information content (AvgIpc) is 3.08. The first kappa shape index (κ1) is 19.3. The summed E-state index contributed by atoms with van der Waals surface area (Å²) < 4.78 is 0. The lowest BCUT2D eigenvalue weighted by Crippen LogP contribution is -2.36. The molecule has 0 aromatic heterocycles. The molecule has 2 aliphatic rings. The third kappa shape index (κ3) is 4.53. The largest absolute Gasteiger partial charge is 0.371 e. The van der Waals surface area contributed by atoms with Crippen LogP contribution in [-0.4, -0.2) is 42.9 Å². The first-order valence-electron chi connectivity index (χ1n) is 10.4. The molecule has 0 radical (unpaired) electrons. The maximum Gasteiger partial charge on any atom is 0.225 e. The fourth-order valence-corrected chi connectivity index (χ4v) is 3.79. The molecule has 6 nitrogen and oxygen atoms in total. The summed E-state index contributed by atoms with van der Waals surface area (Å²) in [6.45, 7) is 5.91. The molecule has 2 aromatic carbocycles. The van der Waals surface area contributed by atoms with Gasteiger partial charge in [-0.05, 0) is 55.3 Å². The zero-order chi connectivity index (χ0) is 20.2. The van der Waals surface area contributed by atoms with E-state index in [4.69, 9.17) is 0 Å². The van der Waals surface area contributed by atoms with Gasteiger partial charge in [-0.15, -0.1) is 0 Å². The molecule has 2 heterocycles. The topological polar surface area (TPSA) is 64.7 Å². The van der Waals surface area contributed by atoms with E-state index in [1.54, 1.807) is 4.90 Å². The predicted octanol–water partition coefficient (Wildman–Crippen LogP) is 3.12. The van der Waals surface area contributed by atoms with Crippen LogP contribution in [0.1, 0.15) is 25.3 Å². The van der Waals surface area contributed by atoms with Crippen LogP contribution in [0.15, 0.2) is 48.5 Å². The molecule has 0 saturated carbocycles. The maximum absolute atomic E-state index is 12.3. The van der Waals surface area contributed by atoms with Crippen molar-refractivity contribution in [2.24, 2.45) is 5.92 Å². The van der Waals surface area contributed by atoms with Gasteiger partial charge >= 0.3 is 0 Å². The minimum absolute atomic E-state index is 0.0428. The summed E-state index contributed by atoms with van der Waals surface area (Å²) in [5.41, 5.74) is 4.38. The summed E-state index contributed by atoms with van der Waals surface area (Å²) in [5.74, 6) is -0.206. The van der Waals surface area contributed by atoms with E-state index in [-0.39, 0.29) is 17.7 Å². The van der Waals surface area contributed by atoms with Gasteiger partial charge in [0.05, 0.1) is 5.92 Å². The molecule has 2 N–H and O–H groups in total. The molecule has 4 rings (SSSR count). The predicted molar refractivity (Wildman–Crippen MR) is 115 cm³/mol. The summed E-state index contributed by atoms with van der Waals surface area (Å²) in [5, 5.41) is 6.37. The smallest absolute Gasteiger partial charge is 0.225 e. The highest BCUT2D eigenvalue weighted by atomic mass is 16.2. The number of nitrogens with zero attached hydrogens (tertiary/aromatic N) is 2. The zero-order valence-corrected chi connectivity index (χ0v) is 16.9. The second kappa shape index (κ2) is 8.55. The van der Waals surface area contributed by atoms with Gasteiger partial charge in [0.1, 0.15) is 0 Å². The molecule has 1 unspecified atom stereocenters. The Hall–Kier alpha value is -3.02. The van der Waals surface area contributed by atoms with Crippen molar-refractivity contribution >= 4 is 28.9 Å². The van der Waals surface area contributed by atoms with E-state index in [0.29, 0.717) is 26.1 Å². The Morgan fingerprint density at radius 1 is 1.03 bits per heavy atom. The fourth-order valence-electron chi connectivity index (χ4n) is 3.79. The molecule has 29 heavy (non-hydrogen) atoms.